The minimum Gasteiger partial charge on any atom is -0.497 e. The molecule has 26 heavy (non-hydrogen) atoms. The van der Waals surface area contributed by atoms with Gasteiger partial charge in [0.1, 0.15) is 5.75 Å². The summed E-state index contributed by atoms with van der Waals surface area (Å²) in [6.45, 7) is 4.19. The summed E-state index contributed by atoms with van der Waals surface area (Å²) in [6.07, 6.45) is 0. The first-order valence-corrected chi connectivity index (χ1v) is 8.74. The first kappa shape index (κ1) is 18.1. The largest absolute Gasteiger partial charge is 0.497 e. The van der Waals surface area contributed by atoms with Crippen molar-refractivity contribution in [2.45, 2.75) is 13.1 Å². The minimum absolute atomic E-state index is 0.433. The van der Waals surface area contributed by atoms with Crippen molar-refractivity contribution in [2.75, 3.05) is 38.3 Å². The van der Waals surface area contributed by atoms with Crippen LogP contribution in [0.4, 0.5) is 10.5 Å². The van der Waals surface area contributed by atoms with Gasteiger partial charge in [-0.15, -0.1) is 0 Å². The van der Waals surface area contributed by atoms with Gasteiger partial charge < -0.3 is 25.0 Å². The number of nitrogens with zero attached hydrogens (tertiary/aromatic N) is 2. The Morgan fingerprint density at radius 3 is 2.46 bits per heavy atom. The Morgan fingerprint density at radius 2 is 1.81 bits per heavy atom. The number of rotatable bonds is 6. The number of ether oxygens (including phenoxy) is 2. The number of primary amides is 1. The van der Waals surface area contributed by atoms with Crippen LogP contribution < -0.4 is 15.4 Å². The van der Waals surface area contributed by atoms with Crippen molar-refractivity contribution in [3.63, 3.8) is 0 Å². The third-order valence-corrected chi connectivity index (χ3v) is 4.50. The van der Waals surface area contributed by atoms with Crippen LogP contribution in [0, 0.1) is 0 Å². The number of morpholine rings is 1. The molecule has 0 unspecified atom stereocenters. The number of hydrogen-bond acceptors (Lipinski definition) is 4. The van der Waals surface area contributed by atoms with Crippen molar-refractivity contribution in [3.05, 3.63) is 59.7 Å². The maximum Gasteiger partial charge on any atom is 0.315 e. The van der Waals surface area contributed by atoms with Gasteiger partial charge in [-0.1, -0.05) is 24.3 Å². The molecule has 0 spiro atoms. The third kappa shape index (κ3) is 4.67. The van der Waals surface area contributed by atoms with Crippen LogP contribution >= 0.6 is 0 Å². The second kappa shape index (κ2) is 8.58. The predicted molar refractivity (Wildman–Crippen MR) is 101 cm³/mol. The van der Waals surface area contributed by atoms with Crippen LogP contribution in [0.3, 0.4) is 0 Å². The number of carbonyl (C=O) groups excluding carboxylic acids is 1. The summed E-state index contributed by atoms with van der Waals surface area (Å²) in [5.41, 5.74) is 8.82. The van der Waals surface area contributed by atoms with Gasteiger partial charge in [0, 0.05) is 31.9 Å². The van der Waals surface area contributed by atoms with E-state index in [9.17, 15) is 4.79 Å². The lowest BCUT2D eigenvalue weighted by atomic mass is 10.1. The summed E-state index contributed by atoms with van der Waals surface area (Å²) >= 11 is 0. The van der Waals surface area contributed by atoms with Crippen LogP contribution in [0.25, 0.3) is 0 Å². The van der Waals surface area contributed by atoms with Crippen molar-refractivity contribution < 1.29 is 14.3 Å². The lowest BCUT2D eigenvalue weighted by molar-refractivity contribution is 0.122. The number of anilines is 1. The van der Waals surface area contributed by atoms with Gasteiger partial charge in [-0.25, -0.2) is 4.79 Å². The lowest BCUT2D eigenvalue weighted by Gasteiger charge is -2.29. The smallest absolute Gasteiger partial charge is 0.315 e. The van der Waals surface area contributed by atoms with Gasteiger partial charge in [0.25, 0.3) is 0 Å². The fourth-order valence-electron chi connectivity index (χ4n) is 3.06. The van der Waals surface area contributed by atoms with Crippen LogP contribution in [0.1, 0.15) is 11.1 Å². The molecule has 2 aromatic carbocycles. The number of nitrogens with two attached hydrogens (primary N) is 1. The van der Waals surface area contributed by atoms with Crippen LogP contribution in [-0.2, 0) is 17.8 Å². The molecule has 3 rings (SSSR count). The Balaban J connectivity index is 1.70. The van der Waals surface area contributed by atoms with Crippen LogP contribution in [0.15, 0.2) is 48.5 Å². The van der Waals surface area contributed by atoms with Crippen molar-refractivity contribution in [2.24, 2.45) is 5.73 Å². The normalized spacial score (nSPS) is 14.1. The zero-order valence-electron chi connectivity index (χ0n) is 15.1. The van der Waals surface area contributed by atoms with E-state index in [0.717, 1.165) is 48.9 Å². The highest BCUT2D eigenvalue weighted by molar-refractivity contribution is 5.72. The molecule has 2 amide bonds. The molecule has 1 aliphatic heterocycles. The Morgan fingerprint density at radius 1 is 1.12 bits per heavy atom. The molecule has 138 valence electrons. The average molecular weight is 355 g/mol. The molecule has 0 radical (unpaired) electrons. The first-order valence-electron chi connectivity index (χ1n) is 8.74. The summed E-state index contributed by atoms with van der Waals surface area (Å²) in [5.74, 6) is 0.789. The van der Waals surface area contributed by atoms with Gasteiger partial charge in [0.2, 0.25) is 0 Å². The van der Waals surface area contributed by atoms with E-state index in [1.807, 2.05) is 36.4 Å². The predicted octanol–water partition coefficient (Wildman–Crippen LogP) is 2.61. The highest BCUT2D eigenvalue weighted by Gasteiger charge is 2.14. The third-order valence-electron chi connectivity index (χ3n) is 4.50. The summed E-state index contributed by atoms with van der Waals surface area (Å²) < 4.78 is 10.6. The molecule has 2 aromatic rings. The molecular formula is C20H25N3O3. The number of carbonyl (C=O) groups is 1. The second-order valence-corrected chi connectivity index (χ2v) is 6.31. The summed E-state index contributed by atoms with van der Waals surface area (Å²) in [4.78, 5) is 15.9. The SMILES string of the molecule is COc1ccc(CN(Cc2cccc(N3CCOCC3)c2)C(N)=O)cc1. The zero-order chi connectivity index (χ0) is 18.4. The van der Waals surface area contributed by atoms with E-state index >= 15 is 0 Å². The highest BCUT2D eigenvalue weighted by Crippen LogP contribution is 2.20. The van der Waals surface area contributed by atoms with E-state index in [2.05, 4.69) is 17.0 Å². The molecule has 1 fully saturated rings. The van der Waals surface area contributed by atoms with Crippen molar-refractivity contribution in [1.82, 2.24) is 4.90 Å². The highest BCUT2D eigenvalue weighted by atomic mass is 16.5. The molecule has 0 atom stereocenters. The van der Waals surface area contributed by atoms with E-state index in [1.165, 1.54) is 0 Å². The number of hydrogen-bond donors (Lipinski definition) is 1. The second-order valence-electron chi connectivity index (χ2n) is 6.31. The lowest BCUT2D eigenvalue weighted by Crippen LogP contribution is -2.36. The van der Waals surface area contributed by atoms with E-state index < -0.39 is 6.03 Å². The standard InChI is InChI=1S/C20H25N3O3/c1-25-19-7-5-16(6-8-19)14-23(20(21)24)15-17-3-2-4-18(13-17)22-9-11-26-12-10-22/h2-8,13H,9-12,14-15H2,1H3,(H2,21,24). The van der Waals surface area contributed by atoms with Gasteiger partial charge in [0.15, 0.2) is 0 Å². The van der Waals surface area contributed by atoms with Crippen molar-refractivity contribution >= 4 is 11.7 Å². The molecule has 6 nitrogen and oxygen atoms in total. The Bertz CT molecular complexity index is 727. The van der Waals surface area contributed by atoms with E-state index in [4.69, 9.17) is 15.2 Å². The van der Waals surface area contributed by atoms with Gasteiger partial charge in [-0.05, 0) is 35.4 Å². The quantitative estimate of drug-likeness (QED) is 0.865. The van der Waals surface area contributed by atoms with E-state index in [1.54, 1.807) is 12.0 Å². The molecular weight excluding hydrogens is 330 g/mol. The average Bonchev–Trinajstić information content (AvgIpc) is 2.69. The molecule has 1 heterocycles. The van der Waals surface area contributed by atoms with Gasteiger partial charge in [-0.2, -0.15) is 0 Å². The van der Waals surface area contributed by atoms with Crippen molar-refractivity contribution in [1.29, 1.82) is 0 Å². The monoisotopic (exact) mass is 355 g/mol. The number of methoxy groups -OCH3 is 1. The molecule has 0 bridgehead atoms. The summed E-state index contributed by atoms with van der Waals surface area (Å²) in [7, 11) is 1.63. The van der Waals surface area contributed by atoms with Crippen LogP contribution in [-0.4, -0.2) is 44.3 Å². The Kier molecular flexibility index (Phi) is 5.96. The molecule has 1 aliphatic rings. The molecule has 6 heteroatoms. The van der Waals surface area contributed by atoms with Gasteiger partial charge in [0.05, 0.1) is 20.3 Å². The maximum atomic E-state index is 11.9. The summed E-state index contributed by atoms with van der Waals surface area (Å²) in [5, 5.41) is 0. The number of amides is 2. The minimum atomic E-state index is -0.433. The molecule has 1 saturated heterocycles. The number of benzene rings is 2. The number of urea groups is 1. The fourth-order valence-corrected chi connectivity index (χ4v) is 3.06. The topological polar surface area (TPSA) is 68.0 Å². The Hall–Kier alpha value is -2.73. The van der Waals surface area contributed by atoms with Crippen molar-refractivity contribution in [3.8, 4) is 5.75 Å². The molecule has 0 aliphatic carbocycles. The van der Waals surface area contributed by atoms with E-state index in [-0.39, 0.29) is 0 Å². The molecule has 0 aromatic heterocycles. The maximum absolute atomic E-state index is 11.9. The first-order chi connectivity index (χ1) is 12.7. The molecule has 2 N–H and O–H groups in total. The van der Waals surface area contributed by atoms with Crippen LogP contribution in [0.5, 0.6) is 5.75 Å². The Labute approximate surface area is 154 Å². The van der Waals surface area contributed by atoms with Gasteiger partial charge in [-0.3, -0.25) is 0 Å². The van der Waals surface area contributed by atoms with Gasteiger partial charge >= 0.3 is 6.03 Å². The van der Waals surface area contributed by atoms with Crippen LogP contribution in [0.2, 0.25) is 0 Å². The summed E-state index contributed by atoms with van der Waals surface area (Å²) in [6, 6.07) is 15.5. The fraction of sp³-hybridized carbons (Fsp3) is 0.350. The molecule has 0 saturated carbocycles. The van der Waals surface area contributed by atoms with E-state index in [0.29, 0.717) is 13.1 Å². The zero-order valence-corrected chi connectivity index (χ0v) is 15.1.